The Morgan fingerprint density at radius 2 is 1.80 bits per heavy atom. The SMILES string of the molecule is Cc1ccc(NC(=O)CNC(=O)CC2CCCCC2)cc1S(=O)(=O)N1CCOCC1. The van der Waals surface area contributed by atoms with Crippen molar-refractivity contribution in [3.8, 4) is 0 Å². The van der Waals surface area contributed by atoms with E-state index in [0.29, 0.717) is 49.9 Å². The van der Waals surface area contributed by atoms with E-state index in [4.69, 9.17) is 4.74 Å². The standard InChI is InChI=1S/C21H31N3O5S/c1-16-7-8-18(14-19(16)30(27,28)24-9-11-29-12-10-24)23-21(26)15-22-20(25)13-17-5-3-2-4-6-17/h7-8,14,17H,2-6,9-13,15H2,1H3,(H,22,25)(H,23,26). The van der Waals surface area contributed by atoms with Gasteiger partial charge < -0.3 is 15.4 Å². The molecule has 0 radical (unpaired) electrons. The van der Waals surface area contributed by atoms with E-state index in [9.17, 15) is 18.0 Å². The van der Waals surface area contributed by atoms with Gasteiger partial charge in [-0.1, -0.05) is 25.3 Å². The van der Waals surface area contributed by atoms with Crippen molar-refractivity contribution in [1.29, 1.82) is 0 Å². The Bertz CT molecular complexity index is 859. The summed E-state index contributed by atoms with van der Waals surface area (Å²) in [5, 5.41) is 5.35. The maximum absolute atomic E-state index is 13.0. The Hall–Kier alpha value is -1.97. The number of nitrogens with one attached hydrogen (secondary N) is 2. The number of morpholine rings is 1. The first-order valence-corrected chi connectivity index (χ1v) is 12.1. The van der Waals surface area contributed by atoms with E-state index >= 15 is 0 Å². The molecule has 1 saturated carbocycles. The molecule has 1 aliphatic carbocycles. The van der Waals surface area contributed by atoms with Crippen molar-refractivity contribution in [3.63, 3.8) is 0 Å². The summed E-state index contributed by atoms with van der Waals surface area (Å²) in [5.74, 6) is -0.0889. The van der Waals surface area contributed by atoms with Crippen LogP contribution in [0.2, 0.25) is 0 Å². The molecular weight excluding hydrogens is 406 g/mol. The van der Waals surface area contributed by atoms with Gasteiger partial charge in [0.25, 0.3) is 0 Å². The molecule has 2 N–H and O–H groups in total. The third-order valence-corrected chi connectivity index (χ3v) is 7.75. The molecule has 9 heteroatoms. The Kier molecular flexibility index (Phi) is 7.85. The molecule has 1 aliphatic heterocycles. The lowest BCUT2D eigenvalue weighted by Crippen LogP contribution is -2.40. The average molecular weight is 438 g/mol. The fraction of sp³-hybridized carbons (Fsp3) is 0.619. The number of nitrogens with zero attached hydrogens (tertiary/aromatic N) is 1. The van der Waals surface area contributed by atoms with Crippen LogP contribution < -0.4 is 10.6 Å². The average Bonchev–Trinajstić information content (AvgIpc) is 2.75. The Morgan fingerprint density at radius 1 is 1.10 bits per heavy atom. The molecule has 0 bridgehead atoms. The number of aryl methyl sites for hydroxylation is 1. The second-order valence-corrected chi connectivity index (χ2v) is 9.94. The van der Waals surface area contributed by atoms with E-state index in [-0.39, 0.29) is 23.3 Å². The van der Waals surface area contributed by atoms with Gasteiger partial charge >= 0.3 is 0 Å². The minimum Gasteiger partial charge on any atom is -0.379 e. The molecule has 2 aliphatic rings. The van der Waals surface area contributed by atoms with Gasteiger partial charge in [0.1, 0.15) is 0 Å². The summed E-state index contributed by atoms with van der Waals surface area (Å²) in [7, 11) is -3.66. The summed E-state index contributed by atoms with van der Waals surface area (Å²) >= 11 is 0. The molecule has 30 heavy (non-hydrogen) atoms. The van der Waals surface area contributed by atoms with E-state index in [1.807, 2.05) is 0 Å². The van der Waals surface area contributed by atoms with Gasteiger partial charge in [-0.3, -0.25) is 9.59 Å². The quantitative estimate of drug-likeness (QED) is 0.679. The summed E-state index contributed by atoms with van der Waals surface area (Å²) in [6.07, 6.45) is 6.18. The maximum Gasteiger partial charge on any atom is 0.243 e. The van der Waals surface area contributed by atoms with Crippen LogP contribution in [0.3, 0.4) is 0 Å². The minimum atomic E-state index is -3.66. The fourth-order valence-corrected chi connectivity index (χ4v) is 5.65. The molecule has 1 heterocycles. The van der Waals surface area contributed by atoms with Crippen molar-refractivity contribution < 1.29 is 22.7 Å². The van der Waals surface area contributed by atoms with Gasteiger partial charge in [0.15, 0.2) is 0 Å². The lowest BCUT2D eigenvalue weighted by molar-refractivity contribution is -0.125. The zero-order valence-corrected chi connectivity index (χ0v) is 18.3. The molecule has 0 unspecified atom stereocenters. The third kappa shape index (κ3) is 6.02. The van der Waals surface area contributed by atoms with Crippen LogP contribution >= 0.6 is 0 Å². The van der Waals surface area contributed by atoms with Crippen molar-refractivity contribution >= 4 is 27.5 Å². The van der Waals surface area contributed by atoms with Crippen LogP contribution in [0.1, 0.15) is 44.1 Å². The second-order valence-electron chi connectivity index (χ2n) is 8.03. The number of hydrogen-bond donors (Lipinski definition) is 2. The Morgan fingerprint density at radius 3 is 2.50 bits per heavy atom. The van der Waals surface area contributed by atoms with Crippen molar-refractivity contribution in [2.45, 2.75) is 50.3 Å². The van der Waals surface area contributed by atoms with Gasteiger partial charge in [-0.15, -0.1) is 0 Å². The zero-order valence-electron chi connectivity index (χ0n) is 17.5. The number of benzene rings is 1. The molecule has 0 atom stereocenters. The highest BCUT2D eigenvalue weighted by molar-refractivity contribution is 7.89. The maximum atomic E-state index is 13.0. The fourth-order valence-electron chi connectivity index (χ4n) is 3.99. The molecule has 3 rings (SSSR count). The van der Waals surface area contributed by atoms with Crippen LogP contribution in [0.5, 0.6) is 0 Å². The summed E-state index contributed by atoms with van der Waals surface area (Å²) in [4.78, 5) is 24.5. The Balaban J connectivity index is 1.56. The lowest BCUT2D eigenvalue weighted by atomic mass is 9.87. The van der Waals surface area contributed by atoms with Crippen molar-refractivity contribution in [1.82, 2.24) is 9.62 Å². The van der Waals surface area contributed by atoms with Crippen molar-refractivity contribution in [3.05, 3.63) is 23.8 Å². The predicted molar refractivity (Wildman–Crippen MR) is 114 cm³/mol. The van der Waals surface area contributed by atoms with E-state index in [0.717, 1.165) is 12.8 Å². The van der Waals surface area contributed by atoms with Crippen LogP contribution in [0.4, 0.5) is 5.69 Å². The van der Waals surface area contributed by atoms with Gasteiger partial charge in [0, 0.05) is 25.2 Å². The number of amides is 2. The third-order valence-electron chi connectivity index (χ3n) is 5.70. The normalized spacial score (nSPS) is 18.7. The number of carbonyl (C=O) groups is 2. The van der Waals surface area contributed by atoms with Crippen LogP contribution in [-0.2, 0) is 24.3 Å². The molecule has 1 aromatic carbocycles. The zero-order chi connectivity index (χ0) is 21.6. The highest BCUT2D eigenvalue weighted by atomic mass is 32.2. The van der Waals surface area contributed by atoms with Crippen molar-refractivity contribution in [2.75, 3.05) is 38.2 Å². The van der Waals surface area contributed by atoms with Crippen LogP contribution in [0, 0.1) is 12.8 Å². The van der Waals surface area contributed by atoms with Gasteiger partial charge in [0.05, 0.1) is 24.7 Å². The van der Waals surface area contributed by atoms with Gasteiger partial charge in [0.2, 0.25) is 21.8 Å². The first-order valence-electron chi connectivity index (χ1n) is 10.6. The molecule has 0 aromatic heterocycles. The highest BCUT2D eigenvalue weighted by Gasteiger charge is 2.28. The first-order chi connectivity index (χ1) is 14.4. The largest absolute Gasteiger partial charge is 0.379 e. The summed E-state index contributed by atoms with van der Waals surface area (Å²) in [6.45, 7) is 2.96. The van der Waals surface area contributed by atoms with E-state index < -0.39 is 10.0 Å². The molecular formula is C21H31N3O5S. The second kappa shape index (κ2) is 10.4. The molecule has 0 spiro atoms. The summed E-state index contributed by atoms with van der Waals surface area (Å²) in [5.41, 5.74) is 0.999. The van der Waals surface area contributed by atoms with E-state index in [2.05, 4.69) is 10.6 Å². The van der Waals surface area contributed by atoms with E-state index in [1.54, 1.807) is 19.1 Å². The van der Waals surface area contributed by atoms with E-state index in [1.165, 1.54) is 29.6 Å². The number of rotatable bonds is 7. The van der Waals surface area contributed by atoms with Gasteiger partial charge in [-0.25, -0.2) is 8.42 Å². The molecule has 1 aromatic rings. The van der Waals surface area contributed by atoms with Gasteiger partial charge in [-0.2, -0.15) is 4.31 Å². The first kappa shape index (κ1) is 22.7. The number of ether oxygens (including phenoxy) is 1. The summed E-state index contributed by atoms with van der Waals surface area (Å²) in [6, 6.07) is 4.81. The Labute approximate surface area is 178 Å². The highest BCUT2D eigenvalue weighted by Crippen LogP contribution is 2.26. The molecule has 2 amide bonds. The van der Waals surface area contributed by atoms with Crippen LogP contribution in [0.15, 0.2) is 23.1 Å². The van der Waals surface area contributed by atoms with Gasteiger partial charge in [-0.05, 0) is 43.4 Å². The summed E-state index contributed by atoms with van der Waals surface area (Å²) < 4.78 is 32.5. The molecule has 166 valence electrons. The minimum absolute atomic E-state index is 0.114. The number of hydrogen-bond acceptors (Lipinski definition) is 5. The number of anilines is 1. The predicted octanol–water partition coefficient (Wildman–Crippen LogP) is 2.04. The molecule has 1 saturated heterocycles. The topological polar surface area (TPSA) is 105 Å². The number of carbonyl (C=O) groups excluding carboxylic acids is 2. The number of sulfonamides is 1. The molecule has 8 nitrogen and oxygen atoms in total. The van der Waals surface area contributed by atoms with Crippen LogP contribution in [-0.4, -0.2) is 57.4 Å². The van der Waals surface area contributed by atoms with Crippen LogP contribution in [0.25, 0.3) is 0 Å². The lowest BCUT2D eigenvalue weighted by Gasteiger charge is -2.26. The monoisotopic (exact) mass is 437 g/mol. The van der Waals surface area contributed by atoms with Crippen molar-refractivity contribution in [2.24, 2.45) is 5.92 Å². The molecule has 2 fully saturated rings. The smallest absolute Gasteiger partial charge is 0.243 e.